The quantitative estimate of drug-likeness (QED) is 0.329. The molecule has 0 bridgehead atoms. The molecule has 1 amide bonds. The topological polar surface area (TPSA) is 95.9 Å². The maximum atomic E-state index is 13.1. The molecule has 1 heterocycles. The number of rotatable bonds is 10. The molecule has 1 aliphatic heterocycles. The lowest BCUT2D eigenvalue weighted by Gasteiger charge is -2.52. The number of halogens is 1. The minimum atomic E-state index is -3.80. The van der Waals surface area contributed by atoms with Crippen LogP contribution in [0.5, 0.6) is 5.75 Å². The Morgan fingerprint density at radius 1 is 1.24 bits per heavy atom. The number of nitrogens with one attached hydrogen (secondary N) is 1. The number of hydrogen-bond acceptors (Lipinski definition) is 6. The van der Waals surface area contributed by atoms with Crippen molar-refractivity contribution >= 4 is 33.2 Å². The number of fused-ring (bicyclic) bond motifs is 3. The third-order valence-corrected chi connectivity index (χ3v) is 11.2. The predicted molar refractivity (Wildman–Crippen MR) is 168 cm³/mol. The van der Waals surface area contributed by atoms with Gasteiger partial charge in [-0.1, -0.05) is 36.7 Å². The number of amides is 1. The van der Waals surface area contributed by atoms with Gasteiger partial charge in [-0.05, 0) is 97.7 Å². The van der Waals surface area contributed by atoms with Crippen molar-refractivity contribution < 1.29 is 23.1 Å². The molecule has 226 valence electrons. The first-order valence-corrected chi connectivity index (χ1v) is 16.8. The molecule has 2 aromatic rings. The summed E-state index contributed by atoms with van der Waals surface area (Å²) < 4.78 is 33.6. The van der Waals surface area contributed by atoms with Gasteiger partial charge in [0, 0.05) is 29.1 Å². The van der Waals surface area contributed by atoms with Gasteiger partial charge >= 0.3 is 0 Å². The average molecular weight is 613 g/mol. The third kappa shape index (κ3) is 5.99. The Balaban J connectivity index is 1.52. The van der Waals surface area contributed by atoms with Crippen molar-refractivity contribution in [1.29, 1.82) is 0 Å². The summed E-state index contributed by atoms with van der Waals surface area (Å²) in [6.45, 7) is 11.4. The van der Waals surface area contributed by atoms with E-state index in [4.69, 9.17) is 16.3 Å². The molecule has 1 fully saturated rings. The lowest BCUT2D eigenvalue weighted by Crippen LogP contribution is -2.53. The van der Waals surface area contributed by atoms with E-state index in [1.54, 1.807) is 24.3 Å². The van der Waals surface area contributed by atoms with Gasteiger partial charge in [-0.2, -0.15) is 0 Å². The number of carbonyl (C=O) groups excluding carboxylic acids is 1. The second kappa shape index (κ2) is 12.1. The first kappa shape index (κ1) is 30.6. The number of aryl methyl sites for hydroxylation is 1. The van der Waals surface area contributed by atoms with Crippen LogP contribution in [0.4, 0.5) is 5.69 Å². The Hall–Kier alpha value is -2.81. The van der Waals surface area contributed by atoms with E-state index in [0.717, 1.165) is 42.8 Å². The van der Waals surface area contributed by atoms with Crippen molar-refractivity contribution in [2.45, 2.75) is 63.4 Å². The fraction of sp³-hybridized carbons (Fsp3) is 0.485. The molecule has 4 atom stereocenters. The Kier molecular flexibility index (Phi) is 8.80. The van der Waals surface area contributed by atoms with Crippen molar-refractivity contribution in [2.75, 3.05) is 30.3 Å². The second-order valence-corrected chi connectivity index (χ2v) is 14.7. The summed E-state index contributed by atoms with van der Waals surface area (Å²) in [6, 6.07) is 11.3. The Labute approximate surface area is 254 Å². The van der Waals surface area contributed by atoms with Crippen LogP contribution in [0.15, 0.2) is 61.7 Å². The zero-order valence-corrected chi connectivity index (χ0v) is 25.9. The van der Waals surface area contributed by atoms with Crippen molar-refractivity contribution in [1.82, 2.24) is 4.72 Å². The van der Waals surface area contributed by atoms with Crippen LogP contribution >= 0.6 is 11.6 Å². The normalized spacial score (nSPS) is 25.7. The van der Waals surface area contributed by atoms with Crippen molar-refractivity contribution in [3.8, 4) is 5.75 Å². The number of ether oxygens (including phenoxy) is 1. The van der Waals surface area contributed by atoms with E-state index < -0.39 is 22.0 Å². The number of anilines is 1. The number of hydrogen-bond donors (Lipinski definition) is 2. The summed E-state index contributed by atoms with van der Waals surface area (Å²) in [5, 5.41) is 11.7. The molecular formula is C33H41ClN2O5S. The van der Waals surface area contributed by atoms with Gasteiger partial charge in [-0.3, -0.25) is 4.79 Å². The van der Waals surface area contributed by atoms with Crippen LogP contribution in [0.2, 0.25) is 5.02 Å². The molecule has 2 aromatic carbocycles. The van der Waals surface area contributed by atoms with Gasteiger partial charge < -0.3 is 14.7 Å². The number of sulfonamides is 1. The van der Waals surface area contributed by atoms with Crippen LogP contribution in [-0.4, -0.2) is 51.0 Å². The number of nitrogens with zero attached hydrogens (tertiary/aromatic N) is 1. The van der Waals surface area contributed by atoms with Gasteiger partial charge in [0.25, 0.3) is 5.91 Å². The van der Waals surface area contributed by atoms with Crippen LogP contribution in [-0.2, 0) is 21.9 Å². The molecule has 2 aliphatic carbocycles. The molecule has 0 aromatic heterocycles. The smallest absolute Gasteiger partial charge is 0.264 e. The van der Waals surface area contributed by atoms with Crippen molar-refractivity contribution in [2.24, 2.45) is 11.3 Å². The van der Waals surface area contributed by atoms with Crippen molar-refractivity contribution in [3.05, 3.63) is 83.4 Å². The first-order chi connectivity index (χ1) is 20.0. The first-order valence-electron chi connectivity index (χ1n) is 14.8. The van der Waals surface area contributed by atoms with E-state index in [-0.39, 0.29) is 34.5 Å². The third-order valence-electron chi connectivity index (χ3n) is 9.69. The predicted octanol–water partition coefficient (Wildman–Crippen LogP) is 5.80. The summed E-state index contributed by atoms with van der Waals surface area (Å²) in [7, 11) is -3.80. The van der Waals surface area contributed by atoms with E-state index in [0.29, 0.717) is 31.9 Å². The molecule has 2 N–H and O–H groups in total. The maximum Gasteiger partial charge on any atom is 0.264 e. The van der Waals surface area contributed by atoms with E-state index in [1.165, 1.54) is 17.2 Å². The zero-order chi connectivity index (χ0) is 30.1. The van der Waals surface area contributed by atoms with E-state index in [1.807, 2.05) is 6.07 Å². The molecule has 0 radical (unpaired) electrons. The minimum Gasteiger partial charge on any atom is -0.490 e. The highest BCUT2D eigenvalue weighted by Crippen LogP contribution is 2.52. The lowest BCUT2D eigenvalue weighted by atomic mass is 9.57. The van der Waals surface area contributed by atoms with Crippen LogP contribution in [0.1, 0.15) is 66.9 Å². The van der Waals surface area contributed by atoms with Crippen LogP contribution in [0, 0.1) is 11.3 Å². The van der Waals surface area contributed by atoms with E-state index >= 15 is 0 Å². The summed E-state index contributed by atoms with van der Waals surface area (Å²) >= 11 is 6.38. The van der Waals surface area contributed by atoms with E-state index in [9.17, 15) is 18.3 Å². The van der Waals surface area contributed by atoms with Gasteiger partial charge in [-0.15, -0.1) is 13.2 Å². The molecule has 42 heavy (non-hydrogen) atoms. The highest BCUT2D eigenvalue weighted by Gasteiger charge is 2.49. The maximum absolute atomic E-state index is 13.1. The Bertz CT molecular complexity index is 1480. The summed E-state index contributed by atoms with van der Waals surface area (Å²) in [4.78, 5) is 15.4. The molecular weight excluding hydrogens is 572 g/mol. The summed E-state index contributed by atoms with van der Waals surface area (Å²) in [5.74, 6) is 0.00211. The fourth-order valence-electron chi connectivity index (χ4n) is 6.98. The van der Waals surface area contributed by atoms with Gasteiger partial charge in [0.1, 0.15) is 5.75 Å². The molecule has 7 nitrogen and oxygen atoms in total. The van der Waals surface area contributed by atoms with Gasteiger partial charge in [0.2, 0.25) is 10.0 Å². The zero-order valence-electron chi connectivity index (χ0n) is 24.3. The largest absolute Gasteiger partial charge is 0.490 e. The van der Waals surface area contributed by atoms with Crippen LogP contribution in [0.25, 0.3) is 0 Å². The van der Waals surface area contributed by atoms with Crippen LogP contribution < -0.4 is 14.4 Å². The number of benzene rings is 2. The molecule has 9 heteroatoms. The SMILES string of the molecule is C=CCCS(=O)(=O)NC(=O)c1ccc2c(c1)N(C[C@H]1CC[C@@]1(C)[C@H](O)CC=C)CC1(CCCc3cc(Cl)ccc31)CO2. The summed E-state index contributed by atoms with van der Waals surface area (Å²) in [6.07, 6.45) is 8.42. The van der Waals surface area contributed by atoms with Gasteiger partial charge in [0.05, 0.1) is 24.2 Å². The van der Waals surface area contributed by atoms with Gasteiger partial charge in [-0.25, -0.2) is 13.1 Å². The highest BCUT2D eigenvalue weighted by molar-refractivity contribution is 7.90. The number of allylic oxidation sites excluding steroid dienone is 1. The fourth-order valence-corrected chi connectivity index (χ4v) is 8.15. The molecule has 1 saturated carbocycles. The van der Waals surface area contributed by atoms with Crippen LogP contribution in [0.3, 0.4) is 0 Å². The monoisotopic (exact) mass is 612 g/mol. The van der Waals surface area contributed by atoms with Crippen molar-refractivity contribution in [3.63, 3.8) is 0 Å². The molecule has 3 aliphatic rings. The Morgan fingerprint density at radius 2 is 2.05 bits per heavy atom. The molecule has 1 unspecified atom stereocenters. The number of carbonyl (C=O) groups is 1. The summed E-state index contributed by atoms with van der Waals surface area (Å²) in [5.41, 5.74) is 2.96. The minimum absolute atomic E-state index is 0.207. The molecule has 0 saturated heterocycles. The lowest BCUT2D eigenvalue weighted by molar-refractivity contribution is -0.0695. The highest BCUT2D eigenvalue weighted by atomic mass is 35.5. The van der Waals surface area contributed by atoms with E-state index in [2.05, 4.69) is 41.8 Å². The molecule has 1 spiro atoms. The van der Waals surface area contributed by atoms with Gasteiger partial charge in [0.15, 0.2) is 0 Å². The standard InChI is InChI=1S/C33H41ClN2O5S/c1-4-6-17-42(39,40)35-31(38)24-10-13-29-28(19-24)36(20-25-14-16-32(25,3)30(37)8-5-2)21-33(22-41-29)15-7-9-23-18-26(34)11-12-27(23)33/h4-5,10-13,18-19,25,30,37H,1-2,6-9,14-17,20-22H2,3H3,(H,35,38)/t25-,30-,32-,33?/m1/s1. The second-order valence-electron chi connectivity index (χ2n) is 12.4. The molecule has 5 rings (SSSR count). The number of aliphatic hydroxyl groups excluding tert-OH is 1. The average Bonchev–Trinajstić information content (AvgIpc) is 3.10. The number of aliphatic hydroxyl groups is 1. The Morgan fingerprint density at radius 3 is 2.76 bits per heavy atom.